The standard InChI is InChI=1S/C33H41N3O5S/c1-3-31(33(38)34-28-17-11-6-12-18-28)35(23-26-13-7-4-8-14-26)32(37)24-36(42(2,39)40)29-19-21-30(22-20-29)41-25-27-15-9-5-10-16-27/h4-5,7-10,13-16,19-22,28,31H,3,6,11-12,17-18,23-25H2,1-2H3,(H,34,38). The fraction of sp³-hybridized carbons (Fsp3) is 0.394. The lowest BCUT2D eigenvalue weighted by atomic mass is 9.95. The van der Waals surface area contributed by atoms with E-state index in [2.05, 4.69) is 5.32 Å². The molecular formula is C33H41N3O5S. The van der Waals surface area contributed by atoms with Crippen LogP contribution < -0.4 is 14.4 Å². The molecule has 1 aliphatic carbocycles. The lowest BCUT2D eigenvalue weighted by Gasteiger charge is -2.34. The molecule has 0 spiro atoms. The number of ether oxygens (including phenoxy) is 1. The first kappa shape index (κ1) is 31.1. The molecule has 2 amide bonds. The number of nitrogens with zero attached hydrogens (tertiary/aromatic N) is 2. The fourth-order valence-corrected chi connectivity index (χ4v) is 6.16. The number of hydrogen-bond donors (Lipinski definition) is 1. The monoisotopic (exact) mass is 591 g/mol. The topological polar surface area (TPSA) is 96.0 Å². The van der Waals surface area contributed by atoms with Crippen molar-refractivity contribution in [2.75, 3.05) is 17.1 Å². The molecule has 0 aliphatic heterocycles. The Labute approximate surface area is 249 Å². The maximum absolute atomic E-state index is 13.9. The number of nitrogens with one attached hydrogen (secondary N) is 1. The van der Waals surface area contributed by atoms with Gasteiger partial charge < -0.3 is 15.0 Å². The van der Waals surface area contributed by atoms with Crippen molar-refractivity contribution in [3.05, 3.63) is 96.1 Å². The van der Waals surface area contributed by atoms with Crippen LogP contribution in [0.5, 0.6) is 5.75 Å². The molecule has 3 aromatic rings. The number of amides is 2. The number of carbonyl (C=O) groups excluding carboxylic acids is 2. The van der Waals surface area contributed by atoms with Gasteiger partial charge in [0.15, 0.2) is 0 Å². The fourth-order valence-electron chi connectivity index (χ4n) is 5.31. The predicted molar refractivity (Wildman–Crippen MR) is 165 cm³/mol. The first-order valence-electron chi connectivity index (χ1n) is 14.6. The van der Waals surface area contributed by atoms with Crippen LogP contribution in [0.4, 0.5) is 5.69 Å². The number of hydrogen-bond acceptors (Lipinski definition) is 5. The van der Waals surface area contributed by atoms with E-state index in [1.54, 1.807) is 24.3 Å². The van der Waals surface area contributed by atoms with E-state index in [0.717, 1.165) is 47.4 Å². The Kier molecular flexibility index (Phi) is 11.0. The maximum Gasteiger partial charge on any atom is 0.244 e. The molecule has 1 saturated carbocycles. The predicted octanol–water partition coefficient (Wildman–Crippen LogP) is 5.29. The second kappa shape index (κ2) is 14.9. The SMILES string of the molecule is CCC(C(=O)NC1CCCCC1)N(Cc1ccccc1)C(=O)CN(c1ccc(OCc2ccccc2)cc1)S(C)(=O)=O. The number of rotatable bonds is 13. The van der Waals surface area contributed by atoms with Gasteiger partial charge in [0.2, 0.25) is 21.8 Å². The van der Waals surface area contributed by atoms with Crippen molar-refractivity contribution in [1.82, 2.24) is 10.2 Å². The van der Waals surface area contributed by atoms with Gasteiger partial charge in [0.1, 0.15) is 24.9 Å². The number of benzene rings is 3. The highest BCUT2D eigenvalue weighted by atomic mass is 32.2. The molecule has 4 rings (SSSR count). The highest BCUT2D eigenvalue weighted by Crippen LogP contribution is 2.24. The summed E-state index contributed by atoms with van der Waals surface area (Å²) in [6.07, 6.45) is 6.67. The molecule has 1 N–H and O–H groups in total. The van der Waals surface area contributed by atoms with E-state index in [-0.39, 0.29) is 18.5 Å². The third kappa shape index (κ3) is 8.82. The van der Waals surface area contributed by atoms with Gasteiger partial charge in [-0.1, -0.05) is 86.8 Å². The van der Waals surface area contributed by atoms with Crippen LogP contribution >= 0.6 is 0 Å². The molecule has 1 atom stereocenters. The van der Waals surface area contributed by atoms with Crippen LogP contribution in [0.2, 0.25) is 0 Å². The Morgan fingerprint density at radius 2 is 1.48 bits per heavy atom. The van der Waals surface area contributed by atoms with Gasteiger partial charge in [0.05, 0.1) is 11.9 Å². The Morgan fingerprint density at radius 3 is 2.05 bits per heavy atom. The van der Waals surface area contributed by atoms with Crippen molar-refractivity contribution < 1.29 is 22.7 Å². The van der Waals surface area contributed by atoms with Gasteiger partial charge in [-0.3, -0.25) is 13.9 Å². The summed E-state index contributed by atoms with van der Waals surface area (Å²) >= 11 is 0. The first-order chi connectivity index (χ1) is 20.2. The molecule has 1 unspecified atom stereocenters. The summed E-state index contributed by atoms with van der Waals surface area (Å²) < 4.78 is 32.8. The van der Waals surface area contributed by atoms with Crippen LogP contribution in [0.1, 0.15) is 56.6 Å². The number of sulfonamides is 1. The van der Waals surface area contributed by atoms with Gasteiger partial charge in [-0.05, 0) is 54.7 Å². The number of anilines is 1. The average Bonchev–Trinajstić information content (AvgIpc) is 3.00. The van der Waals surface area contributed by atoms with Crippen molar-refractivity contribution in [1.29, 1.82) is 0 Å². The molecule has 9 heteroatoms. The minimum Gasteiger partial charge on any atom is -0.489 e. The summed E-state index contributed by atoms with van der Waals surface area (Å²) in [4.78, 5) is 28.9. The Bertz CT molecular complexity index is 1390. The van der Waals surface area contributed by atoms with Crippen molar-refractivity contribution in [3.63, 3.8) is 0 Å². The van der Waals surface area contributed by atoms with E-state index in [1.807, 2.05) is 67.6 Å². The Hall–Kier alpha value is -3.85. The van der Waals surface area contributed by atoms with Crippen molar-refractivity contribution >= 4 is 27.5 Å². The minimum atomic E-state index is -3.82. The van der Waals surface area contributed by atoms with E-state index in [0.29, 0.717) is 24.5 Å². The molecule has 3 aromatic carbocycles. The molecule has 0 radical (unpaired) electrons. The van der Waals surface area contributed by atoms with Gasteiger partial charge >= 0.3 is 0 Å². The smallest absolute Gasteiger partial charge is 0.244 e. The highest BCUT2D eigenvalue weighted by molar-refractivity contribution is 7.92. The minimum absolute atomic E-state index is 0.101. The van der Waals surface area contributed by atoms with Crippen LogP contribution in [0, 0.1) is 0 Å². The zero-order valence-corrected chi connectivity index (χ0v) is 25.3. The van der Waals surface area contributed by atoms with E-state index in [9.17, 15) is 18.0 Å². The second-order valence-corrected chi connectivity index (χ2v) is 12.7. The Balaban J connectivity index is 1.53. The van der Waals surface area contributed by atoms with E-state index >= 15 is 0 Å². The second-order valence-electron chi connectivity index (χ2n) is 10.8. The molecule has 0 aromatic heterocycles. The summed E-state index contributed by atoms with van der Waals surface area (Å²) in [5.41, 5.74) is 2.22. The van der Waals surface area contributed by atoms with Gasteiger partial charge in [-0.2, -0.15) is 0 Å². The van der Waals surface area contributed by atoms with Crippen molar-refractivity contribution in [3.8, 4) is 5.75 Å². The largest absolute Gasteiger partial charge is 0.489 e. The molecule has 1 aliphatic rings. The number of carbonyl (C=O) groups is 2. The summed E-state index contributed by atoms with van der Waals surface area (Å²) in [5.74, 6) is -0.0580. The lowest BCUT2D eigenvalue weighted by Crippen LogP contribution is -2.53. The molecule has 8 nitrogen and oxygen atoms in total. The van der Waals surface area contributed by atoms with E-state index < -0.39 is 28.5 Å². The molecule has 42 heavy (non-hydrogen) atoms. The normalized spacial score (nSPS) is 14.5. The van der Waals surface area contributed by atoms with Gasteiger partial charge in [0.25, 0.3) is 0 Å². The molecule has 0 bridgehead atoms. The van der Waals surface area contributed by atoms with Gasteiger partial charge in [0, 0.05) is 12.6 Å². The van der Waals surface area contributed by atoms with E-state index in [1.165, 1.54) is 11.3 Å². The zero-order valence-electron chi connectivity index (χ0n) is 24.4. The molecule has 1 fully saturated rings. The molecule has 0 saturated heterocycles. The summed E-state index contributed by atoms with van der Waals surface area (Å²) in [5, 5.41) is 3.16. The first-order valence-corrected chi connectivity index (χ1v) is 16.5. The summed E-state index contributed by atoms with van der Waals surface area (Å²) in [6.45, 7) is 2.02. The quantitative estimate of drug-likeness (QED) is 0.292. The maximum atomic E-state index is 13.9. The van der Waals surface area contributed by atoms with Crippen LogP contribution in [0.25, 0.3) is 0 Å². The van der Waals surface area contributed by atoms with Gasteiger partial charge in [-0.25, -0.2) is 8.42 Å². The highest BCUT2D eigenvalue weighted by Gasteiger charge is 2.32. The van der Waals surface area contributed by atoms with E-state index in [4.69, 9.17) is 4.74 Å². The molecule has 0 heterocycles. The molecular weight excluding hydrogens is 550 g/mol. The van der Waals surface area contributed by atoms with Crippen LogP contribution in [0.3, 0.4) is 0 Å². The van der Waals surface area contributed by atoms with Crippen LogP contribution in [-0.4, -0.2) is 50.0 Å². The van der Waals surface area contributed by atoms with Crippen LogP contribution in [-0.2, 0) is 32.8 Å². The summed E-state index contributed by atoms with van der Waals surface area (Å²) in [7, 11) is -3.82. The third-order valence-electron chi connectivity index (χ3n) is 7.59. The average molecular weight is 592 g/mol. The third-order valence-corrected chi connectivity index (χ3v) is 8.73. The Morgan fingerprint density at radius 1 is 0.881 bits per heavy atom. The van der Waals surface area contributed by atoms with Gasteiger partial charge in [-0.15, -0.1) is 0 Å². The van der Waals surface area contributed by atoms with Crippen molar-refractivity contribution in [2.24, 2.45) is 0 Å². The van der Waals surface area contributed by atoms with Crippen LogP contribution in [0.15, 0.2) is 84.9 Å². The zero-order chi connectivity index (χ0) is 30.0. The molecule has 224 valence electrons. The van der Waals surface area contributed by atoms with Crippen molar-refractivity contribution in [2.45, 2.75) is 70.7 Å². The lowest BCUT2D eigenvalue weighted by molar-refractivity contribution is -0.140. The summed E-state index contributed by atoms with van der Waals surface area (Å²) in [6, 6.07) is 25.2.